The molecule has 0 saturated heterocycles. The van der Waals surface area contributed by atoms with Crippen LogP contribution in [0.4, 0.5) is 0 Å². The second-order valence-electron chi connectivity index (χ2n) is 4.38. The SMILES string of the molecule is CC(C)CONCc1c(Cl)oc2ccccc12. The van der Waals surface area contributed by atoms with Gasteiger partial charge in [0.2, 0.25) is 0 Å². The van der Waals surface area contributed by atoms with E-state index < -0.39 is 0 Å². The van der Waals surface area contributed by atoms with E-state index in [-0.39, 0.29) is 0 Å². The van der Waals surface area contributed by atoms with Gasteiger partial charge < -0.3 is 9.25 Å². The van der Waals surface area contributed by atoms with Gasteiger partial charge in [-0.05, 0) is 23.6 Å². The van der Waals surface area contributed by atoms with E-state index in [9.17, 15) is 0 Å². The third kappa shape index (κ3) is 3.00. The number of nitrogens with one attached hydrogen (secondary N) is 1. The van der Waals surface area contributed by atoms with E-state index >= 15 is 0 Å². The molecule has 1 aromatic carbocycles. The van der Waals surface area contributed by atoms with Gasteiger partial charge in [0.25, 0.3) is 0 Å². The molecule has 0 atom stereocenters. The van der Waals surface area contributed by atoms with Crippen molar-refractivity contribution in [3.8, 4) is 0 Å². The Labute approximate surface area is 106 Å². The Kier molecular flexibility index (Phi) is 4.05. The molecule has 0 fully saturated rings. The van der Waals surface area contributed by atoms with Crippen LogP contribution in [0.15, 0.2) is 28.7 Å². The van der Waals surface area contributed by atoms with E-state index in [1.54, 1.807) is 0 Å². The maximum absolute atomic E-state index is 6.05. The first kappa shape index (κ1) is 12.4. The van der Waals surface area contributed by atoms with Crippen molar-refractivity contribution in [2.75, 3.05) is 6.61 Å². The molecule has 2 aromatic rings. The Bertz CT molecular complexity index is 493. The summed E-state index contributed by atoms with van der Waals surface area (Å²) in [5, 5.41) is 1.45. The lowest BCUT2D eigenvalue weighted by Gasteiger charge is -2.07. The molecule has 92 valence electrons. The highest BCUT2D eigenvalue weighted by molar-refractivity contribution is 6.30. The molecule has 0 aliphatic carbocycles. The lowest BCUT2D eigenvalue weighted by molar-refractivity contribution is 0.0197. The van der Waals surface area contributed by atoms with E-state index in [4.69, 9.17) is 20.9 Å². The van der Waals surface area contributed by atoms with Crippen LogP contribution in [-0.4, -0.2) is 6.61 Å². The van der Waals surface area contributed by atoms with Gasteiger partial charge in [-0.3, -0.25) is 0 Å². The number of hydroxylamine groups is 1. The summed E-state index contributed by atoms with van der Waals surface area (Å²) in [5.74, 6) is 0.499. The molecule has 4 heteroatoms. The fraction of sp³-hybridized carbons (Fsp3) is 0.385. The summed E-state index contributed by atoms with van der Waals surface area (Å²) in [6.07, 6.45) is 0. The lowest BCUT2D eigenvalue weighted by Crippen LogP contribution is -2.17. The summed E-state index contributed by atoms with van der Waals surface area (Å²) in [6, 6.07) is 7.78. The van der Waals surface area contributed by atoms with Crippen LogP contribution in [0.3, 0.4) is 0 Å². The fourth-order valence-corrected chi connectivity index (χ4v) is 1.83. The molecule has 0 unspecified atom stereocenters. The number of furan rings is 1. The zero-order valence-corrected chi connectivity index (χ0v) is 10.8. The van der Waals surface area contributed by atoms with E-state index in [2.05, 4.69) is 19.3 Å². The molecule has 0 bridgehead atoms. The van der Waals surface area contributed by atoms with Crippen LogP contribution in [0.1, 0.15) is 19.4 Å². The van der Waals surface area contributed by atoms with Gasteiger partial charge in [0, 0.05) is 10.9 Å². The third-order valence-electron chi connectivity index (χ3n) is 2.42. The van der Waals surface area contributed by atoms with Gasteiger partial charge in [-0.25, -0.2) is 0 Å². The summed E-state index contributed by atoms with van der Waals surface area (Å²) in [7, 11) is 0. The Morgan fingerprint density at radius 2 is 2.12 bits per heavy atom. The van der Waals surface area contributed by atoms with Gasteiger partial charge in [-0.15, -0.1) is 0 Å². The highest BCUT2D eigenvalue weighted by Crippen LogP contribution is 2.29. The first-order valence-corrected chi connectivity index (χ1v) is 6.07. The van der Waals surface area contributed by atoms with E-state index in [1.807, 2.05) is 24.3 Å². The fourth-order valence-electron chi connectivity index (χ4n) is 1.58. The topological polar surface area (TPSA) is 34.4 Å². The summed E-state index contributed by atoms with van der Waals surface area (Å²) in [5.41, 5.74) is 4.65. The van der Waals surface area contributed by atoms with Crippen molar-refractivity contribution < 1.29 is 9.25 Å². The van der Waals surface area contributed by atoms with E-state index in [0.717, 1.165) is 16.5 Å². The smallest absolute Gasteiger partial charge is 0.199 e. The van der Waals surface area contributed by atoms with Crippen molar-refractivity contribution in [3.05, 3.63) is 35.0 Å². The lowest BCUT2D eigenvalue weighted by atomic mass is 10.2. The maximum atomic E-state index is 6.05. The van der Waals surface area contributed by atoms with Crippen LogP contribution in [-0.2, 0) is 11.4 Å². The molecule has 1 heterocycles. The molecule has 1 aromatic heterocycles. The number of hydrogen-bond donors (Lipinski definition) is 1. The molecule has 0 aliphatic heterocycles. The van der Waals surface area contributed by atoms with Gasteiger partial charge in [-0.1, -0.05) is 32.0 Å². The van der Waals surface area contributed by atoms with Crippen molar-refractivity contribution in [1.29, 1.82) is 0 Å². The van der Waals surface area contributed by atoms with Crippen LogP contribution < -0.4 is 5.48 Å². The standard InChI is InChI=1S/C13H16ClNO2/c1-9(2)8-16-15-7-11-10-5-3-4-6-12(10)17-13(11)14/h3-6,9,15H,7-8H2,1-2H3. The number of para-hydroxylation sites is 1. The Morgan fingerprint density at radius 1 is 1.35 bits per heavy atom. The monoisotopic (exact) mass is 253 g/mol. The second kappa shape index (κ2) is 5.54. The summed E-state index contributed by atoms with van der Waals surface area (Å²) >= 11 is 6.05. The molecular formula is C13H16ClNO2. The molecule has 0 spiro atoms. The number of halogens is 1. The predicted octanol–water partition coefficient (Wildman–Crippen LogP) is 3.76. The quantitative estimate of drug-likeness (QED) is 0.651. The highest BCUT2D eigenvalue weighted by atomic mass is 35.5. The average Bonchev–Trinajstić information content (AvgIpc) is 2.60. The zero-order chi connectivity index (χ0) is 12.3. The van der Waals surface area contributed by atoms with Crippen LogP contribution in [0.2, 0.25) is 5.22 Å². The summed E-state index contributed by atoms with van der Waals surface area (Å²) in [6.45, 7) is 5.42. The van der Waals surface area contributed by atoms with Gasteiger partial charge in [0.1, 0.15) is 5.58 Å². The van der Waals surface area contributed by atoms with Gasteiger partial charge in [0.05, 0.1) is 13.2 Å². The van der Waals surface area contributed by atoms with Crippen molar-refractivity contribution in [3.63, 3.8) is 0 Å². The third-order valence-corrected chi connectivity index (χ3v) is 2.72. The van der Waals surface area contributed by atoms with E-state index in [1.165, 1.54) is 0 Å². The van der Waals surface area contributed by atoms with Crippen molar-refractivity contribution in [2.45, 2.75) is 20.4 Å². The average molecular weight is 254 g/mol. The Hall–Kier alpha value is -1.03. The van der Waals surface area contributed by atoms with Crippen LogP contribution in [0, 0.1) is 5.92 Å². The van der Waals surface area contributed by atoms with Crippen LogP contribution >= 0.6 is 11.6 Å². The minimum atomic E-state index is 0.423. The Balaban J connectivity index is 2.05. The maximum Gasteiger partial charge on any atom is 0.199 e. The number of fused-ring (bicyclic) bond motifs is 1. The minimum Gasteiger partial charge on any atom is -0.444 e. The second-order valence-corrected chi connectivity index (χ2v) is 4.72. The van der Waals surface area contributed by atoms with Crippen molar-refractivity contribution >= 4 is 22.6 Å². The molecule has 17 heavy (non-hydrogen) atoms. The van der Waals surface area contributed by atoms with Gasteiger partial charge in [0.15, 0.2) is 5.22 Å². The van der Waals surface area contributed by atoms with Crippen molar-refractivity contribution in [1.82, 2.24) is 5.48 Å². The van der Waals surface area contributed by atoms with Gasteiger partial charge >= 0.3 is 0 Å². The summed E-state index contributed by atoms with van der Waals surface area (Å²) < 4.78 is 5.45. The molecule has 2 rings (SSSR count). The highest BCUT2D eigenvalue weighted by Gasteiger charge is 2.11. The molecule has 3 nitrogen and oxygen atoms in total. The van der Waals surface area contributed by atoms with Gasteiger partial charge in [-0.2, -0.15) is 5.48 Å². The predicted molar refractivity (Wildman–Crippen MR) is 68.9 cm³/mol. The molecule has 0 saturated carbocycles. The minimum absolute atomic E-state index is 0.423. The Morgan fingerprint density at radius 3 is 2.88 bits per heavy atom. The first-order chi connectivity index (χ1) is 8.18. The van der Waals surface area contributed by atoms with Crippen LogP contribution in [0.5, 0.6) is 0 Å². The molecule has 0 radical (unpaired) electrons. The number of rotatable bonds is 5. The number of hydrogen-bond acceptors (Lipinski definition) is 3. The molecule has 0 amide bonds. The normalized spacial score (nSPS) is 11.5. The molecule has 1 N–H and O–H groups in total. The molecular weight excluding hydrogens is 238 g/mol. The van der Waals surface area contributed by atoms with E-state index in [0.29, 0.717) is 24.3 Å². The number of benzene rings is 1. The zero-order valence-electron chi connectivity index (χ0n) is 10.00. The van der Waals surface area contributed by atoms with Crippen LogP contribution in [0.25, 0.3) is 11.0 Å². The molecule has 0 aliphatic rings. The largest absolute Gasteiger partial charge is 0.444 e. The first-order valence-electron chi connectivity index (χ1n) is 5.69. The summed E-state index contributed by atoms with van der Waals surface area (Å²) in [4.78, 5) is 5.32. The van der Waals surface area contributed by atoms with Crippen molar-refractivity contribution in [2.24, 2.45) is 5.92 Å².